The van der Waals surface area contributed by atoms with Crippen LogP contribution in [0.1, 0.15) is 41.8 Å². The second kappa shape index (κ2) is 5.67. The average Bonchev–Trinajstić information content (AvgIpc) is 2.51. The van der Waals surface area contributed by atoms with Gasteiger partial charge in [0.05, 0.1) is 11.4 Å². The molecule has 0 aliphatic carbocycles. The monoisotopic (exact) mass is 324 g/mol. The lowest BCUT2D eigenvalue weighted by Crippen LogP contribution is -2.33. The molecule has 0 unspecified atom stereocenters. The number of hydrogen-bond donors (Lipinski definition) is 3. The fourth-order valence-corrected chi connectivity index (χ4v) is 3.18. The summed E-state index contributed by atoms with van der Waals surface area (Å²) in [5.41, 5.74) is 2.44. The lowest BCUT2D eigenvalue weighted by molar-refractivity contribution is -0.117. The molecule has 1 heterocycles. The molecule has 2 aromatic carbocycles. The standard InChI is InChI=1S/C19H20N2O3/c1-11-9-13(20-18(24)12-7-5-4-6-8-12)17(23)15-16(11)21-14(22)10-19(15,2)3/h4-9,23H,10H2,1-3H3,(H,20,24)(H,21,22). The zero-order valence-corrected chi connectivity index (χ0v) is 13.9. The number of phenols is 1. The number of nitrogens with one attached hydrogen (secondary N) is 2. The van der Waals surface area contributed by atoms with Gasteiger partial charge in [-0.1, -0.05) is 32.0 Å². The summed E-state index contributed by atoms with van der Waals surface area (Å²) in [6.07, 6.45) is 0.281. The van der Waals surface area contributed by atoms with E-state index in [0.29, 0.717) is 22.5 Å². The molecule has 0 spiro atoms. The van der Waals surface area contributed by atoms with Gasteiger partial charge in [-0.3, -0.25) is 9.59 Å². The minimum Gasteiger partial charge on any atom is -0.505 e. The first kappa shape index (κ1) is 16.1. The molecule has 2 amide bonds. The molecule has 0 fully saturated rings. The summed E-state index contributed by atoms with van der Waals surface area (Å²) in [4.78, 5) is 24.3. The van der Waals surface area contributed by atoms with Gasteiger partial charge < -0.3 is 15.7 Å². The third-order valence-electron chi connectivity index (χ3n) is 4.32. The Hall–Kier alpha value is -2.82. The summed E-state index contributed by atoms with van der Waals surface area (Å²) in [6.45, 7) is 5.66. The first-order valence-corrected chi connectivity index (χ1v) is 7.83. The number of rotatable bonds is 2. The largest absolute Gasteiger partial charge is 0.505 e. The van der Waals surface area contributed by atoms with Gasteiger partial charge in [0.1, 0.15) is 5.75 Å². The Kier molecular flexibility index (Phi) is 3.79. The molecule has 0 bridgehead atoms. The Bertz CT molecular complexity index is 826. The van der Waals surface area contributed by atoms with E-state index >= 15 is 0 Å². The zero-order chi connectivity index (χ0) is 17.5. The Labute approximate surface area is 140 Å². The van der Waals surface area contributed by atoms with E-state index in [1.54, 1.807) is 30.3 Å². The van der Waals surface area contributed by atoms with Crippen LogP contribution in [0.15, 0.2) is 36.4 Å². The quantitative estimate of drug-likeness (QED) is 0.739. The van der Waals surface area contributed by atoms with Gasteiger partial charge in [-0.05, 0) is 30.7 Å². The maximum atomic E-state index is 12.4. The number of fused-ring (bicyclic) bond motifs is 1. The van der Waals surface area contributed by atoms with Crippen molar-refractivity contribution in [2.24, 2.45) is 0 Å². The second-order valence-electron chi connectivity index (χ2n) is 6.77. The van der Waals surface area contributed by atoms with Crippen LogP contribution in [0, 0.1) is 6.92 Å². The number of carbonyl (C=O) groups is 2. The van der Waals surface area contributed by atoms with Crippen LogP contribution in [0.25, 0.3) is 0 Å². The molecule has 0 radical (unpaired) electrons. The predicted octanol–water partition coefficient (Wildman–Crippen LogP) is 3.57. The van der Waals surface area contributed by atoms with Gasteiger partial charge in [-0.2, -0.15) is 0 Å². The van der Waals surface area contributed by atoms with E-state index in [2.05, 4.69) is 10.6 Å². The van der Waals surface area contributed by atoms with E-state index in [9.17, 15) is 14.7 Å². The number of aryl methyl sites for hydroxylation is 1. The number of phenolic OH excluding ortho intramolecular Hbond substituents is 1. The van der Waals surface area contributed by atoms with Crippen molar-refractivity contribution < 1.29 is 14.7 Å². The van der Waals surface area contributed by atoms with Gasteiger partial charge in [-0.25, -0.2) is 0 Å². The summed E-state index contributed by atoms with van der Waals surface area (Å²) in [5, 5.41) is 16.3. The Morgan fingerprint density at radius 2 is 1.92 bits per heavy atom. The molecule has 3 rings (SSSR count). The molecular formula is C19H20N2O3. The van der Waals surface area contributed by atoms with Gasteiger partial charge >= 0.3 is 0 Å². The van der Waals surface area contributed by atoms with Gasteiger partial charge in [0.15, 0.2) is 0 Å². The van der Waals surface area contributed by atoms with Crippen LogP contribution in [0.4, 0.5) is 11.4 Å². The highest BCUT2D eigenvalue weighted by molar-refractivity contribution is 6.06. The molecule has 2 aromatic rings. The van der Waals surface area contributed by atoms with Crippen molar-refractivity contribution in [1.29, 1.82) is 0 Å². The van der Waals surface area contributed by atoms with E-state index in [4.69, 9.17) is 0 Å². The zero-order valence-electron chi connectivity index (χ0n) is 13.9. The molecule has 0 aromatic heterocycles. The second-order valence-corrected chi connectivity index (χ2v) is 6.77. The lowest BCUT2D eigenvalue weighted by Gasteiger charge is -2.34. The maximum Gasteiger partial charge on any atom is 0.255 e. The van der Waals surface area contributed by atoms with Crippen LogP contribution in [-0.2, 0) is 10.2 Å². The van der Waals surface area contributed by atoms with Gasteiger partial charge in [0, 0.05) is 23.0 Å². The first-order valence-electron chi connectivity index (χ1n) is 7.83. The molecule has 0 saturated carbocycles. The number of anilines is 2. The van der Waals surface area contributed by atoms with Gasteiger partial charge in [0.2, 0.25) is 5.91 Å². The summed E-state index contributed by atoms with van der Waals surface area (Å²) >= 11 is 0. The van der Waals surface area contributed by atoms with E-state index in [0.717, 1.165) is 5.56 Å². The van der Waals surface area contributed by atoms with Crippen molar-refractivity contribution >= 4 is 23.2 Å². The third-order valence-corrected chi connectivity index (χ3v) is 4.32. The average molecular weight is 324 g/mol. The third kappa shape index (κ3) is 2.73. The van der Waals surface area contributed by atoms with Crippen molar-refractivity contribution in [3.63, 3.8) is 0 Å². The van der Waals surface area contributed by atoms with E-state index in [1.807, 2.05) is 26.8 Å². The molecule has 0 atom stereocenters. The van der Waals surface area contributed by atoms with Crippen LogP contribution >= 0.6 is 0 Å². The minimum absolute atomic E-state index is 0.00452. The molecule has 5 nitrogen and oxygen atoms in total. The number of carbonyl (C=O) groups excluding carboxylic acids is 2. The molecule has 0 saturated heterocycles. The highest BCUT2D eigenvalue weighted by Crippen LogP contribution is 2.47. The van der Waals surface area contributed by atoms with Crippen LogP contribution in [0.5, 0.6) is 5.75 Å². The molecule has 1 aliphatic rings. The summed E-state index contributed by atoms with van der Waals surface area (Å²) < 4.78 is 0. The first-order chi connectivity index (χ1) is 11.3. The highest BCUT2D eigenvalue weighted by Gasteiger charge is 2.36. The van der Waals surface area contributed by atoms with Crippen molar-refractivity contribution in [2.75, 3.05) is 10.6 Å². The summed E-state index contributed by atoms with van der Waals surface area (Å²) in [6, 6.07) is 10.5. The molecular weight excluding hydrogens is 304 g/mol. The van der Waals surface area contributed by atoms with Gasteiger partial charge in [-0.15, -0.1) is 0 Å². The molecule has 124 valence electrons. The molecule has 24 heavy (non-hydrogen) atoms. The molecule has 3 N–H and O–H groups in total. The smallest absolute Gasteiger partial charge is 0.255 e. The minimum atomic E-state index is -0.514. The van der Waals surface area contributed by atoms with Crippen molar-refractivity contribution in [3.8, 4) is 5.75 Å². The van der Waals surface area contributed by atoms with Crippen molar-refractivity contribution in [2.45, 2.75) is 32.6 Å². The van der Waals surface area contributed by atoms with Crippen LogP contribution in [0.3, 0.4) is 0 Å². The highest BCUT2D eigenvalue weighted by atomic mass is 16.3. The van der Waals surface area contributed by atoms with E-state index in [1.165, 1.54) is 0 Å². The number of hydrogen-bond acceptors (Lipinski definition) is 3. The van der Waals surface area contributed by atoms with Crippen LogP contribution < -0.4 is 10.6 Å². The normalized spacial score (nSPS) is 15.4. The Morgan fingerprint density at radius 1 is 1.25 bits per heavy atom. The van der Waals surface area contributed by atoms with Gasteiger partial charge in [0.25, 0.3) is 5.91 Å². The van der Waals surface area contributed by atoms with Crippen LogP contribution in [0.2, 0.25) is 0 Å². The molecule has 1 aliphatic heterocycles. The predicted molar refractivity (Wildman–Crippen MR) is 93.5 cm³/mol. The summed E-state index contributed by atoms with van der Waals surface area (Å²) in [5.74, 6) is -0.358. The lowest BCUT2D eigenvalue weighted by atomic mass is 9.76. The SMILES string of the molecule is Cc1cc(NC(=O)c2ccccc2)c(O)c2c1NC(=O)CC2(C)C. The fraction of sp³-hybridized carbons (Fsp3) is 0.263. The van der Waals surface area contributed by atoms with Crippen molar-refractivity contribution in [1.82, 2.24) is 0 Å². The number of amides is 2. The fourth-order valence-electron chi connectivity index (χ4n) is 3.18. The Balaban J connectivity index is 2.04. The number of benzene rings is 2. The van der Waals surface area contributed by atoms with E-state index in [-0.39, 0.29) is 24.0 Å². The number of aromatic hydroxyl groups is 1. The van der Waals surface area contributed by atoms with E-state index < -0.39 is 5.41 Å². The van der Waals surface area contributed by atoms with Crippen LogP contribution in [-0.4, -0.2) is 16.9 Å². The Morgan fingerprint density at radius 3 is 2.58 bits per heavy atom. The topological polar surface area (TPSA) is 78.4 Å². The summed E-state index contributed by atoms with van der Waals surface area (Å²) in [7, 11) is 0. The maximum absolute atomic E-state index is 12.4. The van der Waals surface area contributed by atoms with Crippen molar-refractivity contribution in [3.05, 3.63) is 53.1 Å². The molecule has 5 heteroatoms.